The molecule has 4 heterocycles. The number of esters is 2. The third kappa shape index (κ3) is 12.8. The van der Waals surface area contributed by atoms with Crippen molar-refractivity contribution >= 4 is 60.8 Å². The monoisotopic (exact) mass is 957 g/mol. The number of aromatic nitrogens is 2. The topological polar surface area (TPSA) is 245 Å². The zero-order valence-electron chi connectivity index (χ0n) is 36.7. The standard InChI is InChI=1S/C43H55N7O12S3/c1-5-44-36-21-28(2)64(55,56)42-34(36)24-40(63-42)65(57,58)48-38(51)13-14-39(52)62-29(3)41(53)61-20-18-50(27-30-9-8-10-33(22-30)59-4)43(54)47-35-12-11-31(32-25-45-46-26-32)23-37(35)60-19-17-49-15-6-7-16-49/h8-12,22-26,28-29,36,44H,5-7,13-21,27H2,1-4H3,(H,45,46)(H,47,54)(H,48,51)/t28-,29?,36-/m0/s1. The molecule has 1 unspecified atom stereocenters. The number of ether oxygens (including phenoxy) is 4. The average molecular weight is 958 g/mol. The first kappa shape index (κ1) is 48.9. The Morgan fingerprint density at radius 3 is 2.55 bits per heavy atom. The van der Waals surface area contributed by atoms with Crippen LogP contribution in [0.5, 0.6) is 11.5 Å². The average Bonchev–Trinajstić information content (AvgIpc) is 4.09. The lowest BCUT2D eigenvalue weighted by Gasteiger charge is -2.27. The van der Waals surface area contributed by atoms with E-state index in [1.165, 1.54) is 25.0 Å². The molecule has 4 aromatic rings. The normalized spacial score (nSPS) is 17.4. The molecule has 6 rings (SSSR count). The van der Waals surface area contributed by atoms with Crippen LogP contribution in [0, 0.1) is 0 Å². The number of fused-ring (bicyclic) bond motifs is 1. The zero-order valence-corrected chi connectivity index (χ0v) is 39.1. The van der Waals surface area contributed by atoms with E-state index in [9.17, 15) is 36.0 Å². The molecule has 4 N–H and O–H groups in total. The van der Waals surface area contributed by atoms with Gasteiger partial charge in [0.15, 0.2) is 15.9 Å². The van der Waals surface area contributed by atoms with Gasteiger partial charge in [-0.25, -0.2) is 31.1 Å². The fraction of sp³-hybridized carbons (Fsp3) is 0.465. The summed E-state index contributed by atoms with van der Waals surface area (Å²) in [6, 6.07) is 12.9. The van der Waals surface area contributed by atoms with Gasteiger partial charge in [0, 0.05) is 42.9 Å². The van der Waals surface area contributed by atoms with E-state index in [-0.39, 0.29) is 40.6 Å². The lowest BCUT2D eigenvalue weighted by atomic mass is 10.1. The van der Waals surface area contributed by atoms with E-state index in [1.807, 2.05) is 29.8 Å². The minimum atomic E-state index is -4.48. The molecule has 3 atom stereocenters. The smallest absolute Gasteiger partial charge is 0.347 e. The number of hydrogen-bond donors (Lipinski definition) is 4. The van der Waals surface area contributed by atoms with Gasteiger partial charge in [-0.05, 0) is 94.2 Å². The molecule has 1 fully saturated rings. The highest BCUT2D eigenvalue weighted by atomic mass is 32.3. The number of amides is 3. The van der Waals surface area contributed by atoms with E-state index in [0.717, 1.165) is 49.2 Å². The van der Waals surface area contributed by atoms with E-state index in [2.05, 4.69) is 25.7 Å². The van der Waals surface area contributed by atoms with Gasteiger partial charge in [-0.3, -0.25) is 19.6 Å². The van der Waals surface area contributed by atoms with Crippen molar-refractivity contribution in [3.8, 4) is 22.6 Å². The maximum absolute atomic E-state index is 14.0. The summed E-state index contributed by atoms with van der Waals surface area (Å²) in [5.41, 5.74) is 3.16. The van der Waals surface area contributed by atoms with Crippen LogP contribution >= 0.6 is 11.3 Å². The number of rotatable bonds is 21. The number of anilines is 1. The maximum Gasteiger partial charge on any atom is 0.347 e. The summed E-state index contributed by atoms with van der Waals surface area (Å²) < 4.78 is 75.9. The van der Waals surface area contributed by atoms with Gasteiger partial charge in [-0.15, -0.1) is 11.3 Å². The predicted molar refractivity (Wildman–Crippen MR) is 241 cm³/mol. The number of likely N-dealkylation sites (tertiary alicyclic amines) is 1. The molecule has 65 heavy (non-hydrogen) atoms. The number of sulfone groups is 1. The summed E-state index contributed by atoms with van der Waals surface area (Å²) in [5, 5.41) is 12.2. The van der Waals surface area contributed by atoms with Crippen LogP contribution in [0.4, 0.5) is 10.5 Å². The van der Waals surface area contributed by atoms with Crippen LogP contribution in [0.25, 0.3) is 11.1 Å². The Labute approximate surface area is 382 Å². The van der Waals surface area contributed by atoms with Gasteiger partial charge in [-0.2, -0.15) is 5.10 Å². The molecule has 2 aliphatic heterocycles. The zero-order chi connectivity index (χ0) is 46.7. The predicted octanol–water partition coefficient (Wildman–Crippen LogP) is 4.63. The quantitative estimate of drug-likeness (QED) is 0.0832. The molecular weight excluding hydrogens is 903 g/mol. The number of urea groups is 1. The summed E-state index contributed by atoms with van der Waals surface area (Å²) in [4.78, 5) is 56.1. The summed E-state index contributed by atoms with van der Waals surface area (Å²) in [7, 11) is -6.71. The maximum atomic E-state index is 14.0. The first-order valence-corrected chi connectivity index (χ1v) is 25.1. The number of methoxy groups -OCH3 is 1. The highest BCUT2D eigenvalue weighted by molar-refractivity contribution is 7.95. The number of carbonyl (C=O) groups excluding carboxylic acids is 4. The van der Waals surface area contributed by atoms with Crippen molar-refractivity contribution in [2.24, 2.45) is 0 Å². The van der Waals surface area contributed by atoms with Crippen molar-refractivity contribution in [3.05, 3.63) is 72.1 Å². The van der Waals surface area contributed by atoms with Crippen molar-refractivity contribution in [2.75, 3.05) is 58.4 Å². The third-order valence-corrected chi connectivity index (χ3v) is 16.7. The molecule has 0 radical (unpaired) electrons. The molecule has 1 saturated heterocycles. The van der Waals surface area contributed by atoms with Crippen LogP contribution in [0.2, 0.25) is 0 Å². The Morgan fingerprint density at radius 1 is 1.05 bits per heavy atom. The second kappa shape index (κ2) is 22.1. The lowest BCUT2D eigenvalue weighted by Crippen LogP contribution is -2.38. The van der Waals surface area contributed by atoms with Crippen LogP contribution in [0.1, 0.15) is 70.0 Å². The van der Waals surface area contributed by atoms with Crippen LogP contribution in [0.15, 0.2) is 69.3 Å². The molecule has 2 aromatic carbocycles. The van der Waals surface area contributed by atoms with E-state index < -0.39 is 67.9 Å². The number of nitrogens with one attached hydrogen (secondary N) is 4. The van der Waals surface area contributed by atoms with Crippen molar-refractivity contribution in [1.82, 2.24) is 30.0 Å². The van der Waals surface area contributed by atoms with Gasteiger partial charge >= 0.3 is 18.0 Å². The number of H-pyrrole nitrogens is 1. The molecule has 0 spiro atoms. The van der Waals surface area contributed by atoms with Crippen molar-refractivity contribution in [2.45, 2.75) is 85.2 Å². The van der Waals surface area contributed by atoms with Crippen LogP contribution < -0.4 is 24.8 Å². The molecule has 352 valence electrons. The number of nitrogens with zero attached hydrogens (tertiary/aromatic N) is 3. The summed E-state index contributed by atoms with van der Waals surface area (Å²) in [6.07, 6.45) is 3.41. The highest BCUT2D eigenvalue weighted by Gasteiger charge is 2.40. The minimum absolute atomic E-state index is 0.0668. The molecule has 3 amide bonds. The number of carbonyl (C=O) groups is 4. The van der Waals surface area contributed by atoms with Crippen LogP contribution in [-0.2, 0) is 50.3 Å². The molecule has 0 bridgehead atoms. The highest BCUT2D eigenvalue weighted by Crippen LogP contribution is 2.43. The molecular formula is C43H55N7O12S3. The van der Waals surface area contributed by atoms with Crippen LogP contribution in [-0.4, -0.2) is 125 Å². The number of benzene rings is 2. The summed E-state index contributed by atoms with van der Waals surface area (Å²) in [6.45, 7) is 8.12. The number of hydrogen-bond acceptors (Lipinski definition) is 16. The summed E-state index contributed by atoms with van der Waals surface area (Å²) in [5.74, 6) is -1.88. The third-order valence-electron chi connectivity index (χ3n) is 10.9. The Kier molecular flexibility index (Phi) is 16.6. The molecule has 0 saturated carbocycles. The molecule has 0 aliphatic carbocycles. The molecule has 19 nitrogen and oxygen atoms in total. The van der Waals surface area contributed by atoms with Gasteiger partial charge in [0.2, 0.25) is 5.91 Å². The molecule has 2 aliphatic rings. The number of sulfonamides is 1. The van der Waals surface area contributed by atoms with E-state index in [0.29, 0.717) is 47.2 Å². The fourth-order valence-electron chi connectivity index (χ4n) is 7.38. The van der Waals surface area contributed by atoms with Crippen molar-refractivity contribution in [1.29, 1.82) is 0 Å². The SMILES string of the molecule is CCN[C@H]1C[C@H](C)S(=O)(=O)c2sc(S(=O)(=O)NC(=O)CCC(=O)OC(C)C(=O)OCCN(Cc3cccc(OC)c3)C(=O)Nc3ccc(-c4cn[nH]c4)cc3OCCN3CCCC3)cc21. The van der Waals surface area contributed by atoms with Gasteiger partial charge in [0.1, 0.15) is 33.1 Å². The minimum Gasteiger partial charge on any atom is -0.497 e. The first-order valence-electron chi connectivity index (χ1n) is 21.3. The summed E-state index contributed by atoms with van der Waals surface area (Å²) >= 11 is 0.565. The second-order valence-corrected chi connectivity index (χ2v) is 21.2. The first-order chi connectivity index (χ1) is 31.1. The van der Waals surface area contributed by atoms with Crippen molar-refractivity contribution < 1.29 is 55.0 Å². The molecule has 22 heteroatoms. The number of aromatic amines is 1. The number of thiophene rings is 1. The Morgan fingerprint density at radius 2 is 1.83 bits per heavy atom. The van der Waals surface area contributed by atoms with Crippen LogP contribution in [0.3, 0.4) is 0 Å². The van der Waals surface area contributed by atoms with Crippen molar-refractivity contribution in [3.63, 3.8) is 0 Å². The Bertz CT molecular complexity index is 2530. The lowest BCUT2D eigenvalue weighted by molar-refractivity contribution is -0.166. The molecule has 2 aromatic heterocycles. The van der Waals surface area contributed by atoms with E-state index in [1.54, 1.807) is 43.6 Å². The van der Waals surface area contributed by atoms with Gasteiger partial charge in [0.25, 0.3) is 10.0 Å². The Hall–Kier alpha value is -5.55. The van der Waals surface area contributed by atoms with E-state index >= 15 is 0 Å². The largest absolute Gasteiger partial charge is 0.497 e. The second-order valence-electron chi connectivity index (χ2n) is 15.6. The van der Waals surface area contributed by atoms with Gasteiger partial charge in [0.05, 0.1) is 37.2 Å². The van der Waals surface area contributed by atoms with E-state index in [4.69, 9.17) is 18.9 Å². The van der Waals surface area contributed by atoms with Gasteiger partial charge in [-0.1, -0.05) is 25.1 Å². The Balaban J connectivity index is 1.03. The fourth-order valence-corrected chi connectivity index (χ4v) is 12.4. The van der Waals surface area contributed by atoms with Gasteiger partial charge < -0.3 is 34.5 Å².